The number of ether oxygens (including phenoxy) is 1. The zero-order chi connectivity index (χ0) is 18.1. The molecule has 22 heavy (non-hydrogen) atoms. The van der Waals surface area contributed by atoms with E-state index in [1.165, 1.54) is 6.92 Å². The zero-order valence-electron chi connectivity index (χ0n) is 15.8. The van der Waals surface area contributed by atoms with Crippen molar-refractivity contribution in [2.45, 2.75) is 65.8 Å². The van der Waals surface area contributed by atoms with Crippen molar-refractivity contribution in [1.29, 1.82) is 0 Å². The number of rotatable bonds is 1. The summed E-state index contributed by atoms with van der Waals surface area (Å²) < 4.78 is 5.62. The Kier molecular flexibility index (Phi) is 10.9. The number of carbonyl (C=O) groups excluding carboxylic acids is 1. The van der Waals surface area contributed by atoms with Gasteiger partial charge in [0.1, 0.15) is 0 Å². The van der Waals surface area contributed by atoms with Gasteiger partial charge in [-0.3, -0.25) is 9.69 Å². The van der Waals surface area contributed by atoms with Crippen molar-refractivity contribution in [3.8, 4) is 0 Å². The van der Waals surface area contributed by atoms with E-state index < -0.39 is 6.10 Å². The van der Waals surface area contributed by atoms with Gasteiger partial charge in [0.15, 0.2) is 0 Å². The third-order valence-corrected chi connectivity index (χ3v) is 2.16. The van der Waals surface area contributed by atoms with Crippen molar-refractivity contribution in [3.63, 3.8) is 0 Å². The Labute approximate surface area is 136 Å². The lowest BCUT2D eigenvalue weighted by Gasteiger charge is -2.30. The van der Waals surface area contributed by atoms with Crippen LogP contribution in [0.15, 0.2) is 0 Å². The molecule has 2 N–H and O–H groups in total. The first-order chi connectivity index (χ1) is 9.68. The van der Waals surface area contributed by atoms with E-state index in [-0.39, 0.29) is 23.7 Å². The lowest BCUT2D eigenvalue weighted by atomic mass is 10.1. The highest BCUT2D eigenvalue weighted by Crippen LogP contribution is 2.17. The molecule has 1 heterocycles. The van der Waals surface area contributed by atoms with Crippen LogP contribution in [0.3, 0.4) is 0 Å². The van der Waals surface area contributed by atoms with Crippen molar-refractivity contribution in [2.75, 3.05) is 33.9 Å². The molecule has 1 saturated heterocycles. The molecular formula is C16H36N2O4. The van der Waals surface area contributed by atoms with Gasteiger partial charge < -0.3 is 19.8 Å². The number of nitrogens with zero attached hydrogens (tertiary/aromatic N) is 2. The molecule has 6 heteroatoms. The lowest BCUT2D eigenvalue weighted by Crippen LogP contribution is -2.31. The Bertz CT molecular complexity index is 294. The SMILES string of the molecule is CC(C)(C)OC(C)(C)C.CC(O)CO.CN1CC(=O)N(C)C1. The standard InChI is InChI=1S/C8H18O.C5H10N2O.C3H8O2/c1-7(2,3)9-8(4,5)6;1-6-3-5(8)7(2)4-6;1-3(5)2-4/h1-6H3;3-4H2,1-2H3;3-5H,2H2,1H3. The minimum Gasteiger partial charge on any atom is -0.394 e. The van der Waals surface area contributed by atoms with Crippen LogP contribution in [0.1, 0.15) is 48.5 Å². The number of carbonyl (C=O) groups is 1. The van der Waals surface area contributed by atoms with Crippen LogP contribution >= 0.6 is 0 Å². The van der Waals surface area contributed by atoms with Crippen LogP contribution in [0.2, 0.25) is 0 Å². The van der Waals surface area contributed by atoms with Gasteiger partial charge in [-0.15, -0.1) is 0 Å². The molecule has 0 spiro atoms. The number of amides is 1. The van der Waals surface area contributed by atoms with E-state index in [4.69, 9.17) is 14.9 Å². The summed E-state index contributed by atoms with van der Waals surface area (Å²) in [6.45, 7) is 15.2. The highest BCUT2D eigenvalue weighted by Gasteiger charge is 2.20. The largest absolute Gasteiger partial charge is 0.394 e. The van der Waals surface area contributed by atoms with Crippen LogP contribution in [0.5, 0.6) is 0 Å². The molecule has 0 aromatic rings. The average Bonchev–Trinajstić information content (AvgIpc) is 2.52. The topological polar surface area (TPSA) is 73.2 Å². The van der Waals surface area contributed by atoms with E-state index in [1.54, 1.807) is 4.90 Å². The van der Waals surface area contributed by atoms with Gasteiger partial charge >= 0.3 is 0 Å². The van der Waals surface area contributed by atoms with Gasteiger partial charge in [0.25, 0.3) is 0 Å². The molecule has 1 fully saturated rings. The Balaban J connectivity index is 0. The molecule has 0 bridgehead atoms. The van der Waals surface area contributed by atoms with Crippen molar-refractivity contribution in [2.24, 2.45) is 0 Å². The van der Waals surface area contributed by atoms with Crippen molar-refractivity contribution < 1.29 is 19.7 Å². The van der Waals surface area contributed by atoms with Crippen LogP contribution in [0.25, 0.3) is 0 Å². The van der Waals surface area contributed by atoms with Crippen LogP contribution in [-0.2, 0) is 9.53 Å². The molecule has 0 aromatic carbocycles. The third kappa shape index (κ3) is 17.4. The van der Waals surface area contributed by atoms with Crippen LogP contribution in [0, 0.1) is 0 Å². The molecule has 0 saturated carbocycles. The summed E-state index contributed by atoms with van der Waals surface area (Å²) >= 11 is 0. The predicted molar refractivity (Wildman–Crippen MR) is 89.6 cm³/mol. The highest BCUT2D eigenvalue weighted by atomic mass is 16.5. The fourth-order valence-corrected chi connectivity index (χ4v) is 1.76. The summed E-state index contributed by atoms with van der Waals surface area (Å²) in [6.07, 6.45) is -0.560. The maximum absolute atomic E-state index is 10.7. The first-order valence-corrected chi connectivity index (χ1v) is 7.59. The number of likely N-dealkylation sites (N-methyl/N-ethyl adjacent to an activating group) is 2. The summed E-state index contributed by atoms with van der Waals surface area (Å²) in [5, 5.41) is 16.0. The van der Waals surface area contributed by atoms with Gasteiger partial charge in [-0.1, -0.05) is 0 Å². The number of hydrogen-bond donors (Lipinski definition) is 2. The number of aliphatic hydroxyl groups is 2. The molecule has 0 aromatic heterocycles. The second-order valence-electron chi connectivity index (χ2n) is 7.61. The molecule has 1 amide bonds. The summed E-state index contributed by atoms with van der Waals surface area (Å²) in [5.74, 6) is 0.215. The molecule has 1 unspecified atom stereocenters. The predicted octanol–water partition coefficient (Wildman–Crippen LogP) is 1.31. The summed E-state index contributed by atoms with van der Waals surface area (Å²) in [4.78, 5) is 14.4. The van der Waals surface area contributed by atoms with Gasteiger partial charge in [0, 0.05) is 7.05 Å². The van der Waals surface area contributed by atoms with E-state index in [2.05, 4.69) is 41.5 Å². The smallest absolute Gasteiger partial charge is 0.237 e. The fraction of sp³-hybridized carbons (Fsp3) is 0.938. The van der Waals surface area contributed by atoms with Gasteiger partial charge in [0.05, 0.1) is 37.1 Å². The quantitative estimate of drug-likeness (QED) is 0.762. The Hall–Kier alpha value is -0.690. The average molecular weight is 320 g/mol. The zero-order valence-corrected chi connectivity index (χ0v) is 15.8. The molecule has 134 valence electrons. The summed E-state index contributed by atoms with van der Waals surface area (Å²) in [6, 6.07) is 0. The second kappa shape index (κ2) is 10.2. The third-order valence-electron chi connectivity index (χ3n) is 2.16. The summed E-state index contributed by atoms with van der Waals surface area (Å²) in [5.41, 5.74) is -0.0312. The molecule has 0 radical (unpaired) electrons. The van der Waals surface area contributed by atoms with E-state index in [0.29, 0.717) is 6.54 Å². The lowest BCUT2D eigenvalue weighted by molar-refractivity contribution is -0.125. The van der Waals surface area contributed by atoms with Crippen molar-refractivity contribution in [3.05, 3.63) is 0 Å². The van der Waals surface area contributed by atoms with E-state index in [9.17, 15) is 4.79 Å². The van der Waals surface area contributed by atoms with Crippen molar-refractivity contribution >= 4 is 5.91 Å². The van der Waals surface area contributed by atoms with E-state index in [1.807, 2.05) is 19.0 Å². The highest BCUT2D eigenvalue weighted by molar-refractivity contribution is 5.79. The van der Waals surface area contributed by atoms with Gasteiger partial charge in [0.2, 0.25) is 5.91 Å². The van der Waals surface area contributed by atoms with Gasteiger partial charge in [-0.2, -0.15) is 0 Å². The van der Waals surface area contributed by atoms with E-state index in [0.717, 1.165) is 6.67 Å². The monoisotopic (exact) mass is 320 g/mol. The molecule has 1 aliphatic heterocycles. The Morgan fingerprint density at radius 3 is 1.55 bits per heavy atom. The number of aliphatic hydroxyl groups excluding tert-OH is 2. The normalized spacial score (nSPS) is 17.4. The van der Waals surface area contributed by atoms with Gasteiger partial charge in [-0.25, -0.2) is 0 Å². The molecule has 1 atom stereocenters. The molecule has 1 aliphatic rings. The van der Waals surface area contributed by atoms with Crippen LogP contribution < -0.4 is 0 Å². The number of hydrogen-bond acceptors (Lipinski definition) is 5. The van der Waals surface area contributed by atoms with Crippen molar-refractivity contribution in [1.82, 2.24) is 9.80 Å². The minimum absolute atomic E-state index is 0.0156. The minimum atomic E-state index is -0.560. The first-order valence-electron chi connectivity index (χ1n) is 7.59. The Morgan fingerprint density at radius 1 is 1.14 bits per heavy atom. The molecule has 0 aliphatic carbocycles. The maximum atomic E-state index is 10.7. The summed E-state index contributed by atoms with van der Waals surface area (Å²) in [7, 11) is 3.74. The first kappa shape index (κ1) is 23.6. The van der Waals surface area contributed by atoms with Gasteiger partial charge in [-0.05, 0) is 55.5 Å². The van der Waals surface area contributed by atoms with Crippen LogP contribution in [0.4, 0.5) is 0 Å². The molecular weight excluding hydrogens is 284 g/mol. The maximum Gasteiger partial charge on any atom is 0.237 e. The molecule has 6 nitrogen and oxygen atoms in total. The van der Waals surface area contributed by atoms with Crippen LogP contribution in [-0.4, -0.2) is 77.1 Å². The fourth-order valence-electron chi connectivity index (χ4n) is 1.76. The second-order valence-corrected chi connectivity index (χ2v) is 7.61. The molecule has 1 rings (SSSR count). The van der Waals surface area contributed by atoms with E-state index >= 15 is 0 Å². The Morgan fingerprint density at radius 2 is 1.50 bits per heavy atom.